The van der Waals surface area contributed by atoms with Crippen molar-refractivity contribution in [2.24, 2.45) is 5.16 Å². The first kappa shape index (κ1) is 24.6. The first-order valence-corrected chi connectivity index (χ1v) is 13.0. The third-order valence-electron chi connectivity index (χ3n) is 4.96. The fourth-order valence-electron chi connectivity index (χ4n) is 3.48. The van der Waals surface area contributed by atoms with E-state index in [2.05, 4.69) is 20.3 Å². The molecule has 0 aromatic carbocycles. The lowest BCUT2D eigenvalue weighted by Gasteiger charge is -2.49. The lowest BCUT2D eigenvalue weighted by Crippen LogP contribution is -2.74. The molecule has 13 nitrogen and oxygen atoms in total. The van der Waals surface area contributed by atoms with Crippen molar-refractivity contribution < 1.29 is 37.7 Å². The Morgan fingerprint density at radius 3 is 2.86 bits per heavy atom. The van der Waals surface area contributed by atoms with Crippen LogP contribution in [-0.2, 0) is 30.0 Å². The van der Waals surface area contributed by atoms with Gasteiger partial charge in [0.25, 0.3) is 16.9 Å². The lowest BCUT2D eigenvalue weighted by atomic mass is 10.0. The zero-order valence-electron chi connectivity index (χ0n) is 17.8. The van der Waals surface area contributed by atoms with Gasteiger partial charge in [0.2, 0.25) is 0 Å². The molecule has 1 fully saturated rings. The minimum Gasteiger partial charge on any atom is -0.477 e. The second-order valence-electron chi connectivity index (χ2n) is 7.08. The normalized spacial score (nSPS) is 21.9. The number of rotatable bonds is 8. The van der Waals surface area contributed by atoms with Gasteiger partial charge in [0.05, 0.1) is 22.8 Å². The number of thiazole rings is 1. The van der Waals surface area contributed by atoms with Crippen LogP contribution in [0.3, 0.4) is 0 Å². The van der Waals surface area contributed by atoms with Gasteiger partial charge in [0, 0.05) is 11.1 Å². The molecule has 1 unspecified atom stereocenters. The number of oxime groups is 1. The van der Waals surface area contributed by atoms with E-state index >= 15 is 0 Å². The van der Waals surface area contributed by atoms with Crippen molar-refractivity contribution in [3.63, 3.8) is 0 Å². The highest BCUT2D eigenvalue weighted by Gasteiger charge is 2.57. The fourth-order valence-corrected chi connectivity index (χ4v) is 6.65. The first-order valence-electron chi connectivity index (χ1n) is 9.72. The highest BCUT2D eigenvalue weighted by Crippen LogP contribution is 2.36. The number of carboxylic acids is 1. The van der Waals surface area contributed by atoms with Gasteiger partial charge >= 0.3 is 5.97 Å². The summed E-state index contributed by atoms with van der Waals surface area (Å²) in [6, 6.07) is 1.74. The van der Waals surface area contributed by atoms with Crippen LogP contribution in [0.5, 0.6) is 0 Å². The summed E-state index contributed by atoms with van der Waals surface area (Å²) in [4.78, 5) is 59.4. The molecule has 2 aromatic rings. The number of amides is 2. The molecular weight excluding hydrogens is 522 g/mol. The van der Waals surface area contributed by atoms with E-state index < -0.39 is 45.1 Å². The summed E-state index contributed by atoms with van der Waals surface area (Å²) in [5, 5.41) is 15.9. The monoisotopic (exact) mass is 539 g/mol. The number of nitrogens with two attached hydrogens (primary N) is 1. The molecule has 2 amide bonds. The summed E-state index contributed by atoms with van der Waals surface area (Å²) >= 11 is 1.84. The van der Waals surface area contributed by atoms with Gasteiger partial charge in [-0.05, 0) is 17.7 Å². The summed E-state index contributed by atoms with van der Waals surface area (Å²) in [6.45, 7) is 0. The molecular formula is C19H17N5O8S3. The number of carboxylic acid groups (broad SMARTS) is 1. The van der Waals surface area contributed by atoms with Crippen LogP contribution in [0, 0.1) is 0 Å². The quantitative estimate of drug-likeness (QED) is 0.232. The molecule has 0 radical (unpaired) electrons. The van der Waals surface area contributed by atoms with Gasteiger partial charge in [-0.3, -0.25) is 23.5 Å². The third kappa shape index (κ3) is 4.71. The van der Waals surface area contributed by atoms with Crippen LogP contribution in [0.25, 0.3) is 0 Å². The molecule has 4 rings (SSSR count). The van der Waals surface area contributed by atoms with Crippen molar-refractivity contribution in [2.75, 3.05) is 24.3 Å². The summed E-state index contributed by atoms with van der Waals surface area (Å²) in [6.07, 6.45) is 1.33. The highest BCUT2D eigenvalue weighted by atomic mass is 32.2. The number of hydrogen-bond donors (Lipinski definition) is 3. The van der Waals surface area contributed by atoms with Crippen LogP contribution in [0.4, 0.5) is 5.13 Å². The second-order valence-corrected chi connectivity index (χ2v) is 10.5. The number of carbonyl (C=O) groups excluding carboxylic acids is 3. The number of carbonyl (C=O) groups is 4. The number of nitrogens with one attached hydrogen (secondary N) is 1. The van der Waals surface area contributed by atoms with E-state index in [1.54, 1.807) is 0 Å². The van der Waals surface area contributed by atoms with Crippen LogP contribution in [0.15, 0.2) is 44.6 Å². The van der Waals surface area contributed by atoms with Crippen molar-refractivity contribution in [3.8, 4) is 0 Å². The van der Waals surface area contributed by atoms with Crippen molar-refractivity contribution >= 4 is 67.6 Å². The fraction of sp³-hybridized carbons (Fsp3) is 0.263. The lowest BCUT2D eigenvalue weighted by molar-refractivity contribution is -0.150. The number of thioether (sulfide) groups is 1. The smallest absolute Gasteiger partial charge is 0.352 e. The maximum atomic E-state index is 13.0. The molecule has 4 heterocycles. The molecule has 0 saturated carbocycles. The Kier molecular flexibility index (Phi) is 7.04. The maximum Gasteiger partial charge on any atom is 0.352 e. The Hall–Kier alpha value is -3.50. The Labute approximate surface area is 207 Å². The van der Waals surface area contributed by atoms with Crippen molar-refractivity contribution in [1.82, 2.24) is 15.2 Å². The molecule has 16 heteroatoms. The van der Waals surface area contributed by atoms with E-state index in [0.29, 0.717) is 0 Å². The van der Waals surface area contributed by atoms with Crippen LogP contribution < -0.4 is 11.1 Å². The Morgan fingerprint density at radius 1 is 1.49 bits per heavy atom. The number of fused-ring (bicyclic) bond motifs is 1. The molecule has 0 bridgehead atoms. The standard InChI is InChI=1S/C19H17N5O8S3/c1-31-23-11(9-6-34-19(20)21-9)14(25)22-12-15(26)24-13(17(27)28)8(7-35(30)16(12)24)5-33-18(29)10-3-2-4-32-10/h2-4,6,12,16H,5,7H2,1H3,(H2,20,21)(H,22,25)(H,27,28)/b23-11+/t12-,16-,35?/m1/s1. The van der Waals surface area contributed by atoms with Gasteiger partial charge in [-0.15, -0.1) is 11.3 Å². The van der Waals surface area contributed by atoms with E-state index in [0.717, 1.165) is 28.0 Å². The van der Waals surface area contributed by atoms with Crippen molar-refractivity contribution in [2.45, 2.75) is 11.4 Å². The van der Waals surface area contributed by atoms with Crippen LogP contribution in [0.1, 0.15) is 16.2 Å². The Morgan fingerprint density at radius 2 is 2.26 bits per heavy atom. The van der Waals surface area contributed by atoms with Crippen LogP contribution in [-0.4, -0.2) is 77.8 Å². The largest absolute Gasteiger partial charge is 0.477 e. The van der Waals surface area contributed by atoms with Gasteiger partial charge in [-0.2, -0.15) is 0 Å². The third-order valence-corrected chi connectivity index (χ3v) is 8.24. The highest BCUT2D eigenvalue weighted by molar-refractivity contribution is 8.14. The van der Waals surface area contributed by atoms with E-state index in [4.69, 9.17) is 10.2 Å². The number of β-lactam (4-membered cyclic amide) rings is 1. The topological polar surface area (TPSA) is 194 Å². The summed E-state index contributed by atoms with van der Waals surface area (Å²) in [5.74, 6) is -3.22. The van der Waals surface area contributed by atoms with Gasteiger partial charge in [0.1, 0.15) is 29.9 Å². The molecule has 0 spiro atoms. The number of anilines is 1. The van der Waals surface area contributed by atoms with E-state index in [-0.39, 0.29) is 45.1 Å². The van der Waals surface area contributed by atoms with Gasteiger partial charge in [-0.25, -0.2) is 9.78 Å². The van der Waals surface area contributed by atoms with Crippen LogP contribution in [0.2, 0.25) is 0 Å². The average molecular weight is 540 g/mol. The summed E-state index contributed by atoms with van der Waals surface area (Å²) in [7, 11) is -0.537. The predicted molar refractivity (Wildman–Crippen MR) is 126 cm³/mol. The number of furan rings is 1. The van der Waals surface area contributed by atoms with E-state index in [1.165, 1.54) is 30.9 Å². The van der Waals surface area contributed by atoms with Crippen LogP contribution >= 0.6 is 23.1 Å². The average Bonchev–Trinajstić information content (AvgIpc) is 3.50. The van der Waals surface area contributed by atoms with E-state index in [9.17, 15) is 28.5 Å². The summed E-state index contributed by atoms with van der Waals surface area (Å²) in [5.41, 5.74) is 5.26. The van der Waals surface area contributed by atoms with Crippen molar-refractivity contribution in [3.05, 3.63) is 46.5 Å². The maximum absolute atomic E-state index is 13.0. The molecule has 2 aromatic heterocycles. The minimum absolute atomic E-state index is 0.0838. The second kappa shape index (κ2) is 10.0. The SMILES string of the molecule is CO/N=C(/C(=O)N[C@@H]1C(=O)N2C(C(=O)O)=C(CSC(=O)c3ccco3)CS(=O)[C@H]12)c1csc(N)n1. The number of nitrogen functional groups attached to an aromatic ring is 1. The zero-order chi connectivity index (χ0) is 25.3. The summed E-state index contributed by atoms with van der Waals surface area (Å²) < 4.78 is 18.0. The molecule has 3 atom stereocenters. The van der Waals surface area contributed by atoms with Gasteiger partial charge in [0.15, 0.2) is 16.6 Å². The molecule has 184 valence electrons. The predicted octanol–water partition coefficient (Wildman–Crippen LogP) is -0.00350. The zero-order valence-corrected chi connectivity index (χ0v) is 20.3. The number of hydrogen-bond acceptors (Lipinski definition) is 12. The van der Waals surface area contributed by atoms with Gasteiger partial charge in [-0.1, -0.05) is 16.9 Å². The first-order chi connectivity index (χ1) is 16.7. The van der Waals surface area contributed by atoms with Crippen molar-refractivity contribution in [1.29, 1.82) is 0 Å². The minimum atomic E-state index is -1.76. The molecule has 2 aliphatic rings. The molecule has 35 heavy (non-hydrogen) atoms. The van der Waals surface area contributed by atoms with Gasteiger partial charge < -0.3 is 25.4 Å². The molecule has 1 saturated heterocycles. The number of aromatic nitrogens is 1. The Balaban J connectivity index is 1.52. The number of aliphatic carboxylic acids is 1. The van der Waals surface area contributed by atoms with E-state index in [1.807, 2.05) is 0 Å². The number of nitrogens with zero attached hydrogens (tertiary/aromatic N) is 3. The molecule has 2 aliphatic heterocycles. The molecule has 4 N–H and O–H groups in total. The Bertz CT molecular complexity index is 1290. The molecule has 0 aliphatic carbocycles.